The summed E-state index contributed by atoms with van der Waals surface area (Å²) in [5.74, 6) is 1.72. The number of thioether (sulfide) groups is 1. The molecule has 35 heavy (non-hydrogen) atoms. The number of carbonyl (C=O) groups excluding carboxylic acids is 1. The summed E-state index contributed by atoms with van der Waals surface area (Å²) < 4.78 is 45.3. The predicted octanol–water partition coefficient (Wildman–Crippen LogP) is 4.79. The summed E-state index contributed by atoms with van der Waals surface area (Å²) in [7, 11) is 0. The smallest absolute Gasteiger partial charge is 0.387 e. The number of aromatic nitrogens is 3. The molecule has 1 amide bonds. The molecule has 2 aromatic heterocycles. The molecule has 2 unspecified atom stereocenters. The second-order valence-electron chi connectivity index (χ2n) is 9.22. The number of halogens is 3. The maximum Gasteiger partial charge on any atom is 0.387 e. The van der Waals surface area contributed by atoms with Crippen LogP contribution in [0.25, 0.3) is 17.1 Å². The first-order chi connectivity index (χ1) is 16.8. The monoisotopic (exact) mass is 502 g/mol. The Morgan fingerprint density at radius 3 is 2.89 bits per heavy atom. The molecular formula is C25H25F3N4O2S. The maximum atomic E-state index is 13.5. The van der Waals surface area contributed by atoms with E-state index in [1.807, 2.05) is 11.8 Å². The minimum Gasteiger partial charge on any atom is -0.435 e. The van der Waals surface area contributed by atoms with E-state index >= 15 is 0 Å². The van der Waals surface area contributed by atoms with Crippen molar-refractivity contribution in [2.45, 2.75) is 44.8 Å². The molecule has 6 nitrogen and oxygen atoms in total. The van der Waals surface area contributed by atoms with Crippen LogP contribution in [0.5, 0.6) is 5.75 Å². The molecule has 3 aromatic rings. The number of ether oxygens (including phenoxy) is 1. The van der Waals surface area contributed by atoms with Gasteiger partial charge in [0.1, 0.15) is 11.6 Å². The second kappa shape index (κ2) is 9.56. The van der Waals surface area contributed by atoms with Gasteiger partial charge >= 0.3 is 6.61 Å². The average Bonchev–Trinajstić information content (AvgIpc) is 3.43. The molecule has 3 heterocycles. The zero-order valence-electron chi connectivity index (χ0n) is 19.1. The van der Waals surface area contributed by atoms with Gasteiger partial charge in [0.15, 0.2) is 5.82 Å². The van der Waals surface area contributed by atoms with Gasteiger partial charge in [0.2, 0.25) is 5.91 Å². The highest BCUT2D eigenvalue weighted by molar-refractivity contribution is 7.99. The Balaban J connectivity index is 1.50. The normalized spacial score (nSPS) is 21.7. The van der Waals surface area contributed by atoms with Crippen LogP contribution in [0.1, 0.15) is 31.0 Å². The average molecular weight is 503 g/mol. The molecule has 1 aliphatic heterocycles. The van der Waals surface area contributed by atoms with Gasteiger partial charge in [-0.05, 0) is 56.2 Å². The van der Waals surface area contributed by atoms with Crippen LogP contribution >= 0.6 is 11.8 Å². The van der Waals surface area contributed by atoms with Crippen molar-refractivity contribution < 1.29 is 22.7 Å². The molecule has 0 spiro atoms. The summed E-state index contributed by atoms with van der Waals surface area (Å²) in [6, 6.07) is 9.23. The van der Waals surface area contributed by atoms with E-state index in [0.29, 0.717) is 36.3 Å². The number of hydrogen-bond donors (Lipinski definition) is 1. The van der Waals surface area contributed by atoms with E-state index in [9.17, 15) is 18.0 Å². The van der Waals surface area contributed by atoms with Crippen LogP contribution in [0.4, 0.5) is 13.2 Å². The molecule has 5 rings (SSSR count). The summed E-state index contributed by atoms with van der Waals surface area (Å²) in [5.41, 5.74) is 2.79. The highest BCUT2D eigenvalue weighted by Crippen LogP contribution is 2.36. The number of amides is 1. The van der Waals surface area contributed by atoms with Crippen molar-refractivity contribution in [3.63, 3.8) is 0 Å². The quantitative estimate of drug-likeness (QED) is 0.525. The molecule has 0 radical (unpaired) electrons. The van der Waals surface area contributed by atoms with Crippen LogP contribution in [0.2, 0.25) is 0 Å². The SMILES string of the molecule is CC1(NC(=O)C2CCc3c(-c4cccc(OC(F)F)c4)nn(-c4ccc(F)cn4)c3C2)CCSC1. The molecule has 0 saturated carbocycles. The van der Waals surface area contributed by atoms with Gasteiger partial charge in [0.25, 0.3) is 0 Å². The number of fused-ring (bicyclic) bond motifs is 1. The van der Waals surface area contributed by atoms with E-state index in [4.69, 9.17) is 5.10 Å². The van der Waals surface area contributed by atoms with Gasteiger partial charge in [0.05, 0.1) is 17.6 Å². The molecule has 1 fully saturated rings. The van der Waals surface area contributed by atoms with Crippen molar-refractivity contribution in [1.82, 2.24) is 20.1 Å². The number of nitrogens with one attached hydrogen (secondary N) is 1. The van der Waals surface area contributed by atoms with E-state index < -0.39 is 12.4 Å². The van der Waals surface area contributed by atoms with E-state index in [2.05, 4.69) is 22.0 Å². The van der Waals surface area contributed by atoms with Crippen molar-refractivity contribution >= 4 is 17.7 Å². The molecule has 184 valence electrons. The number of carbonyl (C=O) groups is 1. The molecule has 1 saturated heterocycles. The number of pyridine rings is 1. The lowest BCUT2D eigenvalue weighted by Crippen LogP contribution is -2.49. The van der Waals surface area contributed by atoms with Gasteiger partial charge in [0, 0.05) is 34.8 Å². The lowest BCUT2D eigenvalue weighted by molar-refractivity contribution is -0.126. The number of alkyl halides is 2. The van der Waals surface area contributed by atoms with Gasteiger partial charge in [-0.2, -0.15) is 25.6 Å². The summed E-state index contributed by atoms with van der Waals surface area (Å²) in [6.07, 6.45) is 3.75. The fourth-order valence-electron chi connectivity index (χ4n) is 4.73. The van der Waals surface area contributed by atoms with Gasteiger partial charge < -0.3 is 10.1 Å². The van der Waals surface area contributed by atoms with Crippen LogP contribution in [0, 0.1) is 11.7 Å². The Morgan fingerprint density at radius 2 is 2.17 bits per heavy atom. The van der Waals surface area contributed by atoms with Crippen LogP contribution in [-0.4, -0.2) is 44.3 Å². The van der Waals surface area contributed by atoms with Crippen molar-refractivity contribution in [3.8, 4) is 22.8 Å². The van der Waals surface area contributed by atoms with Crippen LogP contribution < -0.4 is 10.1 Å². The number of nitrogens with zero attached hydrogens (tertiary/aromatic N) is 3. The Morgan fingerprint density at radius 1 is 1.31 bits per heavy atom. The van der Waals surface area contributed by atoms with Crippen molar-refractivity contribution in [3.05, 3.63) is 59.7 Å². The van der Waals surface area contributed by atoms with E-state index in [-0.39, 0.29) is 23.1 Å². The Bertz CT molecular complexity index is 1230. The fourth-order valence-corrected chi connectivity index (χ4v) is 6.14. The topological polar surface area (TPSA) is 69.0 Å². The van der Waals surface area contributed by atoms with Gasteiger partial charge in [-0.3, -0.25) is 4.79 Å². The minimum atomic E-state index is -2.93. The predicted molar refractivity (Wildman–Crippen MR) is 127 cm³/mol. The molecule has 2 atom stereocenters. The van der Waals surface area contributed by atoms with Gasteiger partial charge in [-0.1, -0.05) is 12.1 Å². The summed E-state index contributed by atoms with van der Waals surface area (Å²) in [4.78, 5) is 17.4. The lowest BCUT2D eigenvalue weighted by atomic mass is 9.84. The minimum absolute atomic E-state index is 0.0225. The third-order valence-corrected chi connectivity index (χ3v) is 7.88. The highest BCUT2D eigenvalue weighted by atomic mass is 32.2. The zero-order valence-corrected chi connectivity index (χ0v) is 20.0. The molecule has 0 bridgehead atoms. The maximum absolute atomic E-state index is 13.5. The number of rotatable bonds is 6. The Labute approximate surface area is 205 Å². The third kappa shape index (κ3) is 5.03. The van der Waals surface area contributed by atoms with E-state index in [1.54, 1.807) is 16.8 Å². The lowest BCUT2D eigenvalue weighted by Gasteiger charge is -2.29. The summed E-state index contributed by atoms with van der Waals surface area (Å²) >= 11 is 1.84. The first-order valence-electron chi connectivity index (χ1n) is 11.5. The molecule has 1 aromatic carbocycles. The highest BCUT2D eigenvalue weighted by Gasteiger charge is 2.36. The van der Waals surface area contributed by atoms with Gasteiger partial charge in [-0.15, -0.1) is 0 Å². The first kappa shape index (κ1) is 23.7. The Hall–Kier alpha value is -3.01. The third-order valence-electron chi connectivity index (χ3n) is 6.55. The summed E-state index contributed by atoms with van der Waals surface area (Å²) in [6.45, 7) is -0.849. The molecule has 1 N–H and O–H groups in total. The summed E-state index contributed by atoms with van der Waals surface area (Å²) in [5, 5.41) is 7.99. The van der Waals surface area contributed by atoms with Gasteiger partial charge in [-0.25, -0.2) is 14.1 Å². The van der Waals surface area contributed by atoms with Crippen LogP contribution in [0.3, 0.4) is 0 Å². The molecular weight excluding hydrogens is 477 g/mol. The van der Waals surface area contributed by atoms with E-state index in [1.165, 1.54) is 24.3 Å². The number of hydrogen-bond acceptors (Lipinski definition) is 5. The Kier molecular flexibility index (Phi) is 6.48. The second-order valence-corrected chi connectivity index (χ2v) is 10.3. The van der Waals surface area contributed by atoms with Crippen LogP contribution in [0.15, 0.2) is 42.6 Å². The largest absolute Gasteiger partial charge is 0.435 e. The van der Waals surface area contributed by atoms with Crippen molar-refractivity contribution in [2.75, 3.05) is 11.5 Å². The van der Waals surface area contributed by atoms with Crippen LogP contribution in [-0.2, 0) is 17.6 Å². The standard InChI is InChI=1S/C25H25F3N4O2S/c1-25(9-10-35-14-25)30-23(33)16-5-7-19-20(12-16)32(21-8-6-17(26)13-29-21)31-22(19)15-3-2-4-18(11-15)34-24(27)28/h2-4,6,8,11,13,16,24H,5,7,9-10,12,14H2,1H3,(H,30,33). The zero-order chi connectivity index (χ0) is 24.6. The fraction of sp³-hybridized carbons (Fsp3) is 0.400. The molecule has 1 aliphatic carbocycles. The van der Waals surface area contributed by atoms with Crippen molar-refractivity contribution in [1.29, 1.82) is 0 Å². The van der Waals surface area contributed by atoms with E-state index in [0.717, 1.165) is 35.4 Å². The number of benzene rings is 1. The first-order valence-corrected chi connectivity index (χ1v) is 12.6. The molecule has 2 aliphatic rings. The van der Waals surface area contributed by atoms with Crippen molar-refractivity contribution in [2.24, 2.45) is 5.92 Å². The molecule has 10 heteroatoms.